The van der Waals surface area contributed by atoms with Crippen LogP contribution in [0.2, 0.25) is 10.0 Å². The molecule has 0 saturated heterocycles. The molecule has 1 aromatic carbocycles. The van der Waals surface area contributed by atoms with Crippen LogP contribution in [0.4, 0.5) is 5.69 Å². The van der Waals surface area contributed by atoms with E-state index < -0.39 is 0 Å². The van der Waals surface area contributed by atoms with Crippen LogP contribution in [-0.2, 0) is 18.4 Å². The molecule has 0 bridgehead atoms. The average Bonchev–Trinajstić information content (AvgIpc) is 3.15. The second-order valence-electron chi connectivity index (χ2n) is 6.22. The summed E-state index contributed by atoms with van der Waals surface area (Å²) in [4.78, 5) is 12.3. The van der Waals surface area contributed by atoms with Gasteiger partial charge in [-0.25, -0.2) is 0 Å². The van der Waals surface area contributed by atoms with E-state index >= 15 is 0 Å². The molecule has 6 nitrogen and oxygen atoms in total. The third-order valence-electron chi connectivity index (χ3n) is 4.10. The van der Waals surface area contributed by atoms with Crippen molar-refractivity contribution in [1.29, 1.82) is 0 Å². The van der Waals surface area contributed by atoms with Crippen molar-refractivity contribution in [3.63, 3.8) is 0 Å². The van der Waals surface area contributed by atoms with Gasteiger partial charge >= 0.3 is 0 Å². The zero-order valence-corrected chi connectivity index (χ0v) is 16.7. The Morgan fingerprint density at radius 3 is 2.70 bits per heavy atom. The highest BCUT2D eigenvalue weighted by Gasteiger charge is 2.14. The minimum absolute atomic E-state index is 0.223. The number of anilines is 1. The summed E-state index contributed by atoms with van der Waals surface area (Å²) in [5.41, 5.74) is 4.15. The number of benzene rings is 1. The van der Waals surface area contributed by atoms with Gasteiger partial charge in [0.15, 0.2) is 0 Å². The third kappa shape index (κ3) is 4.59. The Labute approximate surface area is 167 Å². The smallest absolute Gasteiger partial charge is 0.248 e. The lowest BCUT2D eigenvalue weighted by Crippen LogP contribution is -2.10. The first-order chi connectivity index (χ1) is 12.8. The molecule has 0 spiro atoms. The van der Waals surface area contributed by atoms with Crippen LogP contribution < -0.4 is 5.32 Å². The van der Waals surface area contributed by atoms with E-state index in [1.807, 2.05) is 43.9 Å². The maximum absolute atomic E-state index is 12.3. The molecule has 140 valence electrons. The SMILES string of the molecule is Cc1nn(Cc2ccc(Cl)c(Cl)c2)c(C)c1NC(=O)/C=C\c1cnn(C)c1. The van der Waals surface area contributed by atoms with Gasteiger partial charge < -0.3 is 5.32 Å². The van der Waals surface area contributed by atoms with Gasteiger partial charge in [0.1, 0.15) is 0 Å². The van der Waals surface area contributed by atoms with Gasteiger partial charge in [0.05, 0.1) is 39.9 Å². The van der Waals surface area contributed by atoms with Gasteiger partial charge in [-0.2, -0.15) is 10.2 Å². The summed E-state index contributed by atoms with van der Waals surface area (Å²) in [5, 5.41) is 12.5. The number of nitrogens with one attached hydrogen (secondary N) is 1. The molecule has 1 amide bonds. The molecule has 27 heavy (non-hydrogen) atoms. The summed E-state index contributed by atoms with van der Waals surface area (Å²) in [5.74, 6) is -0.223. The van der Waals surface area contributed by atoms with Crippen molar-refractivity contribution < 1.29 is 4.79 Å². The average molecular weight is 404 g/mol. The van der Waals surface area contributed by atoms with Crippen LogP contribution in [0.15, 0.2) is 36.7 Å². The summed E-state index contributed by atoms with van der Waals surface area (Å²) in [6.07, 6.45) is 6.71. The Kier molecular flexibility index (Phi) is 5.68. The Morgan fingerprint density at radius 1 is 1.26 bits per heavy atom. The molecule has 0 aliphatic rings. The van der Waals surface area contributed by atoms with E-state index in [1.54, 1.807) is 23.0 Å². The van der Waals surface area contributed by atoms with Gasteiger partial charge in [0.25, 0.3) is 0 Å². The molecular formula is C19H19Cl2N5O. The van der Waals surface area contributed by atoms with Crippen LogP contribution in [0.1, 0.15) is 22.5 Å². The number of amides is 1. The normalized spacial score (nSPS) is 11.3. The number of aromatic nitrogens is 4. The molecule has 0 atom stereocenters. The largest absolute Gasteiger partial charge is 0.319 e. The summed E-state index contributed by atoms with van der Waals surface area (Å²) < 4.78 is 3.51. The predicted octanol–water partition coefficient (Wildman–Crippen LogP) is 4.24. The summed E-state index contributed by atoms with van der Waals surface area (Å²) in [6.45, 7) is 4.31. The quantitative estimate of drug-likeness (QED) is 0.647. The lowest BCUT2D eigenvalue weighted by molar-refractivity contribution is -0.111. The van der Waals surface area contributed by atoms with Crippen LogP contribution in [0, 0.1) is 13.8 Å². The van der Waals surface area contributed by atoms with Crippen molar-refractivity contribution in [2.24, 2.45) is 7.05 Å². The summed E-state index contributed by atoms with van der Waals surface area (Å²) in [7, 11) is 1.83. The fourth-order valence-corrected chi connectivity index (χ4v) is 3.03. The van der Waals surface area contributed by atoms with Crippen LogP contribution in [0.25, 0.3) is 6.08 Å². The Hall–Kier alpha value is -2.57. The van der Waals surface area contributed by atoms with E-state index in [9.17, 15) is 4.79 Å². The predicted molar refractivity (Wildman–Crippen MR) is 108 cm³/mol. The number of carbonyl (C=O) groups excluding carboxylic acids is 1. The van der Waals surface area contributed by atoms with Crippen LogP contribution in [-0.4, -0.2) is 25.5 Å². The molecule has 3 rings (SSSR count). The Bertz CT molecular complexity index is 1020. The number of hydrogen-bond acceptors (Lipinski definition) is 3. The first-order valence-corrected chi connectivity index (χ1v) is 9.04. The number of halogens is 2. The molecule has 0 unspecified atom stereocenters. The van der Waals surface area contributed by atoms with E-state index in [2.05, 4.69) is 15.5 Å². The fraction of sp³-hybridized carbons (Fsp3) is 0.211. The minimum atomic E-state index is -0.223. The Morgan fingerprint density at radius 2 is 2.04 bits per heavy atom. The third-order valence-corrected chi connectivity index (χ3v) is 4.84. The number of carbonyl (C=O) groups is 1. The maximum Gasteiger partial charge on any atom is 0.248 e. The van der Waals surface area contributed by atoms with Crippen molar-refractivity contribution in [1.82, 2.24) is 19.6 Å². The highest BCUT2D eigenvalue weighted by molar-refractivity contribution is 6.42. The highest BCUT2D eigenvalue weighted by atomic mass is 35.5. The van der Waals surface area contributed by atoms with Gasteiger partial charge in [0, 0.05) is 24.9 Å². The van der Waals surface area contributed by atoms with Gasteiger partial charge in [-0.3, -0.25) is 14.2 Å². The van der Waals surface area contributed by atoms with Crippen molar-refractivity contribution in [2.75, 3.05) is 5.32 Å². The Balaban J connectivity index is 1.74. The molecule has 0 fully saturated rings. The zero-order chi connectivity index (χ0) is 19.6. The molecule has 2 heterocycles. The van der Waals surface area contributed by atoms with Crippen molar-refractivity contribution in [2.45, 2.75) is 20.4 Å². The first-order valence-electron chi connectivity index (χ1n) is 8.29. The van der Waals surface area contributed by atoms with Gasteiger partial charge in [0.2, 0.25) is 5.91 Å². The number of nitrogens with zero attached hydrogens (tertiary/aromatic N) is 4. The molecule has 0 aliphatic heterocycles. The van der Waals surface area contributed by atoms with Crippen molar-refractivity contribution in [3.05, 3.63) is 69.2 Å². The van der Waals surface area contributed by atoms with E-state index in [1.165, 1.54) is 6.08 Å². The molecule has 2 aromatic heterocycles. The minimum Gasteiger partial charge on any atom is -0.319 e. The summed E-state index contributed by atoms with van der Waals surface area (Å²) >= 11 is 12.0. The van der Waals surface area contributed by atoms with Gasteiger partial charge in [-0.1, -0.05) is 29.3 Å². The standard InChI is InChI=1S/C19H19Cl2N5O/c1-12-19(23-18(27)7-5-15-9-22-25(3)10-15)13(2)26(24-12)11-14-4-6-16(20)17(21)8-14/h4-10H,11H2,1-3H3,(H,23,27)/b7-5-. The zero-order valence-electron chi connectivity index (χ0n) is 15.2. The first kappa shape index (κ1) is 19.2. The highest BCUT2D eigenvalue weighted by Crippen LogP contribution is 2.25. The lowest BCUT2D eigenvalue weighted by atomic mass is 10.2. The van der Waals surface area contributed by atoms with Crippen molar-refractivity contribution in [3.8, 4) is 0 Å². The van der Waals surface area contributed by atoms with E-state index in [-0.39, 0.29) is 5.91 Å². The molecule has 8 heteroatoms. The maximum atomic E-state index is 12.3. The monoisotopic (exact) mass is 403 g/mol. The van der Waals surface area contributed by atoms with Crippen molar-refractivity contribution >= 4 is 40.9 Å². The number of hydrogen-bond donors (Lipinski definition) is 1. The van der Waals surface area contributed by atoms with Crippen LogP contribution in [0.3, 0.4) is 0 Å². The molecular weight excluding hydrogens is 385 g/mol. The van der Waals surface area contributed by atoms with Gasteiger partial charge in [-0.05, 0) is 37.6 Å². The van der Waals surface area contributed by atoms with E-state index in [0.29, 0.717) is 22.3 Å². The number of rotatable bonds is 5. The van der Waals surface area contributed by atoms with E-state index in [0.717, 1.165) is 22.5 Å². The molecule has 3 aromatic rings. The topological polar surface area (TPSA) is 64.7 Å². The number of aryl methyl sites for hydroxylation is 2. The molecule has 0 saturated carbocycles. The molecule has 0 radical (unpaired) electrons. The van der Waals surface area contributed by atoms with Crippen LogP contribution in [0.5, 0.6) is 0 Å². The van der Waals surface area contributed by atoms with Gasteiger partial charge in [-0.15, -0.1) is 0 Å². The van der Waals surface area contributed by atoms with Crippen LogP contribution >= 0.6 is 23.2 Å². The molecule has 1 N–H and O–H groups in total. The second kappa shape index (κ2) is 7.98. The molecule has 0 aliphatic carbocycles. The lowest BCUT2D eigenvalue weighted by Gasteiger charge is -2.07. The second-order valence-corrected chi connectivity index (χ2v) is 7.04. The fourth-order valence-electron chi connectivity index (χ4n) is 2.71. The van der Waals surface area contributed by atoms with E-state index in [4.69, 9.17) is 23.2 Å². The summed E-state index contributed by atoms with van der Waals surface area (Å²) in [6, 6.07) is 5.48.